The van der Waals surface area contributed by atoms with E-state index in [2.05, 4.69) is 6.58 Å². The van der Waals surface area contributed by atoms with E-state index in [0.29, 0.717) is 12.4 Å². The van der Waals surface area contributed by atoms with Crippen molar-refractivity contribution >= 4 is 27.4 Å². The number of fused-ring (bicyclic) bond motifs is 1. The Hall–Kier alpha value is -1.81. The van der Waals surface area contributed by atoms with Gasteiger partial charge in [0.05, 0.1) is 5.56 Å². The van der Waals surface area contributed by atoms with Crippen molar-refractivity contribution in [3.63, 3.8) is 0 Å². The molecule has 2 rings (SSSR count). The molecular weight excluding hydrogens is 224 g/mol. The predicted molar refractivity (Wildman–Crippen MR) is 64.5 cm³/mol. The third-order valence-corrected chi connectivity index (χ3v) is 3.00. The van der Waals surface area contributed by atoms with Gasteiger partial charge in [0.15, 0.2) is 0 Å². The van der Waals surface area contributed by atoms with Gasteiger partial charge in [-0.25, -0.2) is 4.79 Å². The van der Waals surface area contributed by atoms with Crippen molar-refractivity contribution < 1.29 is 14.6 Å². The number of carboxylic acids is 1. The molecule has 16 heavy (non-hydrogen) atoms. The zero-order chi connectivity index (χ0) is 11.5. The first kappa shape index (κ1) is 10.7. The van der Waals surface area contributed by atoms with Gasteiger partial charge < -0.3 is 9.84 Å². The molecule has 0 amide bonds. The number of rotatable bonds is 4. The van der Waals surface area contributed by atoms with Gasteiger partial charge in [0, 0.05) is 10.1 Å². The van der Waals surface area contributed by atoms with Crippen molar-refractivity contribution in [2.75, 3.05) is 6.61 Å². The molecule has 0 spiro atoms. The molecule has 0 bridgehead atoms. The molecule has 0 atom stereocenters. The van der Waals surface area contributed by atoms with E-state index in [9.17, 15) is 4.79 Å². The Morgan fingerprint density at radius 1 is 1.56 bits per heavy atom. The van der Waals surface area contributed by atoms with Crippen LogP contribution in [0.15, 0.2) is 36.2 Å². The van der Waals surface area contributed by atoms with Gasteiger partial charge in [-0.1, -0.05) is 12.7 Å². The highest BCUT2D eigenvalue weighted by Gasteiger charge is 2.10. The van der Waals surface area contributed by atoms with Crippen molar-refractivity contribution in [1.29, 1.82) is 0 Å². The van der Waals surface area contributed by atoms with Crippen molar-refractivity contribution in [2.24, 2.45) is 0 Å². The Balaban J connectivity index is 2.54. The van der Waals surface area contributed by atoms with Crippen LogP contribution in [0.1, 0.15) is 10.4 Å². The minimum absolute atomic E-state index is 0.244. The van der Waals surface area contributed by atoms with Gasteiger partial charge in [0.1, 0.15) is 12.4 Å². The largest absolute Gasteiger partial charge is 0.489 e. The first-order chi connectivity index (χ1) is 7.72. The summed E-state index contributed by atoms with van der Waals surface area (Å²) < 4.78 is 6.36. The zero-order valence-electron chi connectivity index (χ0n) is 8.47. The topological polar surface area (TPSA) is 46.5 Å². The summed E-state index contributed by atoms with van der Waals surface area (Å²) >= 11 is 1.50. The zero-order valence-corrected chi connectivity index (χ0v) is 9.29. The van der Waals surface area contributed by atoms with Crippen molar-refractivity contribution in [3.8, 4) is 5.75 Å². The molecular formula is C12H10O3S. The molecule has 4 heteroatoms. The summed E-state index contributed by atoms with van der Waals surface area (Å²) in [5.74, 6) is -0.352. The molecule has 3 nitrogen and oxygen atoms in total. The summed E-state index contributed by atoms with van der Waals surface area (Å²) in [7, 11) is 0. The van der Waals surface area contributed by atoms with Gasteiger partial charge in [-0.3, -0.25) is 0 Å². The number of carboxylic acid groups (broad SMARTS) is 1. The summed E-state index contributed by atoms with van der Waals surface area (Å²) in [6, 6.07) is 5.12. The normalized spacial score (nSPS) is 10.2. The average molecular weight is 234 g/mol. The lowest BCUT2D eigenvalue weighted by atomic mass is 10.1. The van der Waals surface area contributed by atoms with E-state index in [1.165, 1.54) is 11.3 Å². The highest BCUT2D eigenvalue weighted by molar-refractivity contribution is 7.17. The van der Waals surface area contributed by atoms with E-state index in [1.807, 2.05) is 11.4 Å². The van der Waals surface area contributed by atoms with Crippen molar-refractivity contribution in [1.82, 2.24) is 0 Å². The average Bonchev–Trinajstić information content (AvgIpc) is 2.73. The molecule has 1 aromatic carbocycles. The molecule has 0 saturated heterocycles. The van der Waals surface area contributed by atoms with E-state index in [0.717, 1.165) is 10.1 Å². The number of benzene rings is 1. The summed E-state index contributed by atoms with van der Waals surface area (Å²) in [6.45, 7) is 3.93. The molecule has 2 aromatic rings. The van der Waals surface area contributed by atoms with Crippen LogP contribution in [0.2, 0.25) is 0 Å². The Kier molecular flexibility index (Phi) is 2.92. The van der Waals surface area contributed by atoms with E-state index < -0.39 is 5.97 Å². The van der Waals surface area contributed by atoms with E-state index in [1.54, 1.807) is 18.2 Å². The number of aromatic carboxylic acids is 1. The van der Waals surface area contributed by atoms with Gasteiger partial charge in [0.2, 0.25) is 0 Å². The van der Waals surface area contributed by atoms with Gasteiger partial charge in [-0.15, -0.1) is 11.3 Å². The second-order valence-corrected chi connectivity index (χ2v) is 4.16. The third kappa shape index (κ3) is 1.92. The van der Waals surface area contributed by atoms with E-state index in [-0.39, 0.29) is 5.56 Å². The fourth-order valence-electron chi connectivity index (χ4n) is 1.43. The first-order valence-electron chi connectivity index (χ1n) is 4.70. The molecule has 0 aliphatic heterocycles. The summed E-state index contributed by atoms with van der Waals surface area (Å²) in [5.41, 5.74) is 0.244. The predicted octanol–water partition coefficient (Wildman–Crippen LogP) is 3.16. The third-order valence-electron chi connectivity index (χ3n) is 2.14. The van der Waals surface area contributed by atoms with Crippen LogP contribution in [0.3, 0.4) is 0 Å². The molecule has 1 N–H and O–H groups in total. The molecule has 0 saturated carbocycles. The highest BCUT2D eigenvalue weighted by Crippen LogP contribution is 2.31. The molecule has 1 heterocycles. The number of carbonyl (C=O) groups is 1. The number of thiophene rings is 1. The fraction of sp³-hybridized carbons (Fsp3) is 0.0833. The summed E-state index contributed by atoms with van der Waals surface area (Å²) in [4.78, 5) is 10.9. The van der Waals surface area contributed by atoms with Crippen LogP contribution >= 0.6 is 11.3 Å². The molecule has 0 aliphatic carbocycles. The summed E-state index contributed by atoms with van der Waals surface area (Å²) in [6.07, 6.45) is 1.63. The molecule has 1 aromatic heterocycles. The molecule has 0 radical (unpaired) electrons. The summed E-state index contributed by atoms with van der Waals surface area (Å²) in [5, 5.41) is 11.8. The lowest BCUT2D eigenvalue weighted by molar-refractivity contribution is 0.0696. The van der Waals surface area contributed by atoms with Gasteiger partial charge in [-0.05, 0) is 23.6 Å². The highest BCUT2D eigenvalue weighted by atomic mass is 32.1. The lowest BCUT2D eigenvalue weighted by Crippen LogP contribution is -1.99. The smallest absolute Gasteiger partial charge is 0.335 e. The van der Waals surface area contributed by atoms with E-state index >= 15 is 0 Å². The minimum Gasteiger partial charge on any atom is -0.489 e. The van der Waals surface area contributed by atoms with Crippen molar-refractivity contribution in [2.45, 2.75) is 0 Å². The monoisotopic (exact) mass is 234 g/mol. The van der Waals surface area contributed by atoms with Crippen LogP contribution in [0.5, 0.6) is 5.75 Å². The van der Waals surface area contributed by atoms with Crippen molar-refractivity contribution in [3.05, 3.63) is 41.8 Å². The van der Waals surface area contributed by atoms with Gasteiger partial charge >= 0.3 is 5.97 Å². The van der Waals surface area contributed by atoms with Crippen LogP contribution in [0.4, 0.5) is 0 Å². The Morgan fingerprint density at radius 2 is 2.38 bits per heavy atom. The standard InChI is InChI=1S/C12H10O3S/c1-2-4-15-10-6-8(12(13)14)7-11-9(10)3-5-16-11/h2-3,5-7H,1,4H2,(H,13,14). The maximum Gasteiger partial charge on any atom is 0.335 e. The Morgan fingerprint density at radius 3 is 3.06 bits per heavy atom. The first-order valence-corrected chi connectivity index (χ1v) is 5.58. The Bertz CT molecular complexity index is 542. The second kappa shape index (κ2) is 4.37. The van der Waals surface area contributed by atoms with Gasteiger partial charge in [0.25, 0.3) is 0 Å². The fourth-order valence-corrected chi connectivity index (χ4v) is 2.27. The maximum atomic E-state index is 10.9. The second-order valence-electron chi connectivity index (χ2n) is 3.21. The van der Waals surface area contributed by atoms with Crippen LogP contribution < -0.4 is 4.74 Å². The van der Waals surface area contributed by atoms with Crippen LogP contribution in [-0.2, 0) is 0 Å². The quantitative estimate of drug-likeness (QED) is 0.826. The Labute approximate surface area is 96.6 Å². The maximum absolute atomic E-state index is 10.9. The minimum atomic E-state index is -0.946. The lowest BCUT2D eigenvalue weighted by Gasteiger charge is -2.06. The molecule has 0 fully saturated rings. The number of hydrogen-bond acceptors (Lipinski definition) is 3. The number of ether oxygens (including phenoxy) is 1. The number of hydrogen-bond donors (Lipinski definition) is 1. The van der Waals surface area contributed by atoms with E-state index in [4.69, 9.17) is 9.84 Å². The van der Waals surface area contributed by atoms with Crippen LogP contribution in [0, 0.1) is 0 Å². The van der Waals surface area contributed by atoms with Crippen LogP contribution in [-0.4, -0.2) is 17.7 Å². The SMILES string of the molecule is C=CCOc1cc(C(=O)O)cc2sccc12. The molecule has 82 valence electrons. The van der Waals surface area contributed by atoms with Crippen LogP contribution in [0.25, 0.3) is 10.1 Å². The molecule has 0 unspecified atom stereocenters. The van der Waals surface area contributed by atoms with Gasteiger partial charge in [-0.2, -0.15) is 0 Å². The molecule has 0 aliphatic rings.